The zero-order chi connectivity index (χ0) is 27.6. The largest absolute Gasteiger partial charge is 0.507 e. The van der Waals surface area contributed by atoms with Crippen LogP contribution in [0.5, 0.6) is 5.75 Å². The number of halogens is 5. The molecule has 0 fully saturated rings. The summed E-state index contributed by atoms with van der Waals surface area (Å²) in [7, 11) is -3.16. The summed E-state index contributed by atoms with van der Waals surface area (Å²) in [4.78, 5) is 3.57. The molecule has 0 atom stereocenters. The van der Waals surface area contributed by atoms with Crippen LogP contribution in [0, 0.1) is 29.1 Å². The van der Waals surface area contributed by atoms with Gasteiger partial charge in [0.05, 0.1) is 0 Å². The summed E-state index contributed by atoms with van der Waals surface area (Å²) >= 11 is 0. The number of rotatable bonds is 6. The second kappa shape index (κ2) is 10.7. The van der Waals surface area contributed by atoms with E-state index in [9.17, 15) is 27.1 Å². The monoisotopic (exact) mass is 545 g/mol. The lowest BCUT2D eigenvalue weighted by Crippen LogP contribution is -2.74. The summed E-state index contributed by atoms with van der Waals surface area (Å²) in [5.41, 5.74) is -1.29. The molecule has 0 bridgehead atoms. The van der Waals surface area contributed by atoms with E-state index in [0.717, 1.165) is 21.8 Å². The van der Waals surface area contributed by atoms with Crippen molar-refractivity contribution in [3.8, 4) is 5.75 Å². The lowest BCUT2D eigenvalue weighted by atomic mass is 10.2. The molecule has 0 saturated carbocycles. The number of phenols is 1. The maximum atomic E-state index is 14.2. The molecule has 5 rings (SSSR count). The Morgan fingerprint density at radius 3 is 1.36 bits per heavy atom. The number of aliphatic imine (C=N–C) groups is 1. The fraction of sp³-hybridized carbons (Fsp3) is 0. The van der Waals surface area contributed by atoms with Crippen molar-refractivity contribution >= 4 is 40.7 Å². The summed E-state index contributed by atoms with van der Waals surface area (Å²) < 4.78 is 69.4. The summed E-state index contributed by atoms with van der Waals surface area (Å²) in [6.45, 7) is 0. The first-order chi connectivity index (χ1) is 18.9. The van der Waals surface area contributed by atoms with Gasteiger partial charge in [0.15, 0.2) is 31.3 Å². The van der Waals surface area contributed by atoms with E-state index < -0.39 is 42.8 Å². The Kier molecular flexibility index (Phi) is 7.13. The average Bonchev–Trinajstić information content (AvgIpc) is 2.98. The molecule has 0 saturated heterocycles. The first kappa shape index (κ1) is 26.1. The minimum absolute atomic E-state index is 0.0520. The fourth-order valence-corrected chi connectivity index (χ4v) is 9.70. The summed E-state index contributed by atoms with van der Waals surface area (Å²) in [5.74, 6) is -10.8. The smallest absolute Gasteiger partial charge is 0.200 e. The maximum absolute atomic E-state index is 14.2. The van der Waals surface area contributed by atoms with Gasteiger partial charge in [-0.3, -0.25) is 0 Å². The Hall–Kier alpha value is -4.56. The van der Waals surface area contributed by atoms with Gasteiger partial charge in [-0.25, -0.2) is 26.9 Å². The zero-order valence-corrected chi connectivity index (χ0v) is 21.3. The van der Waals surface area contributed by atoms with Gasteiger partial charge in [-0.2, -0.15) is 0 Å². The van der Waals surface area contributed by atoms with Gasteiger partial charge < -0.3 is 5.11 Å². The van der Waals surface area contributed by atoms with E-state index in [0.29, 0.717) is 5.19 Å². The van der Waals surface area contributed by atoms with Crippen LogP contribution >= 0.6 is 0 Å². The fourth-order valence-electron chi connectivity index (χ4n) is 4.84. The molecule has 0 aliphatic heterocycles. The van der Waals surface area contributed by atoms with Gasteiger partial charge in [0, 0.05) is 11.8 Å². The molecule has 1 N–H and O–H groups in total. The van der Waals surface area contributed by atoms with E-state index >= 15 is 0 Å². The molecule has 194 valence electrons. The number of hydrogen-bond acceptors (Lipinski definition) is 2. The highest BCUT2D eigenvalue weighted by Gasteiger charge is 2.43. The van der Waals surface area contributed by atoms with Gasteiger partial charge in [-0.05, 0) is 26.8 Å². The molecular weight excluding hydrogens is 525 g/mol. The second-order valence-corrected chi connectivity index (χ2v) is 12.5. The van der Waals surface area contributed by atoms with Crippen LogP contribution in [0.15, 0.2) is 114 Å². The quantitative estimate of drug-likeness (QED) is 0.0780. The normalized spacial score (nSPS) is 11.7. The summed E-state index contributed by atoms with van der Waals surface area (Å²) in [6.07, 6.45) is 0.900. The van der Waals surface area contributed by atoms with E-state index in [4.69, 9.17) is 0 Å². The van der Waals surface area contributed by atoms with Gasteiger partial charge in [-0.1, -0.05) is 103 Å². The van der Waals surface area contributed by atoms with E-state index in [1.54, 1.807) is 12.1 Å². The third kappa shape index (κ3) is 4.42. The lowest BCUT2D eigenvalue weighted by Gasteiger charge is -2.35. The predicted molar refractivity (Wildman–Crippen MR) is 145 cm³/mol. The molecule has 5 aromatic rings. The predicted octanol–water partition coefficient (Wildman–Crippen LogP) is 5.22. The molecule has 8 heteroatoms. The highest BCUT2D eigenvalue weighted by atomic mass is 28.3. The van der Waals surface area contributed by atoms with E-state index in [1.165, 1.54) is 6.07 Å². The number of benzene rings is 5. The number of aromatic hydroxyl groups is 1. The Balaban J connectivity index is 1.78. The third-order valence-corrected chi connectivity index (χ3v) is 11.4. The summed E-state index contributed by atoms with van der Waals surface area (Å²) in [6, 6.07) is 34.0. The minimum Gasteiger partial charge on any atom is -0.507 e. The van der Waals surface area contributed by atoms with Crippen LogP contribution < -0.4 is 20.7 Å². The molecule has 5 aromatic carbocycles. The number of para-hydroxylation sites is 1. The molecule has 0 aliphatic rings. The SMILES string of the molecule is Oc1c(C=Nc2c(F)c(F)c(F)c(F)c2F)cccc1[Si](c1ccccc1)(c1ccccc1)c1ccccc1. The molecule has 0 aromatic heterocycles. The Morgan fingerprint density at radius 1 is 0.513 bits per heavy atom. The van der Waals surface area contributed by atoms with Crippen LogP contribution in [0.3, 0.4) is 0 Å². The van der Waals surface area contributed by atoms with E-state index in [2.05, 4.69) is 4.99 Å². The van der Waals surface area contributed by atoms with Gasteiger partial charge in [0.25, 0.3) is 0 Å². The van der Waals surface area contributed by atoms with Gasteiger partial charge in [-0.15, -0.1) is 0 Å². The van der Waals surface area contributed by atoms with Gasteiger partial charge in [0.1, 0.15) is 11.4 Å². The van der Waals surface area contributed by atoms with Gasteiger partial charge in [0.2, 0.25) is 5.82 Å². The summed E-state index contributed by atoms with van der Waals surface area (Å²) in [5, 5.41) is 15.1. The van der Waals surface area contributed by atoms with Crippen LogP contribution in [-0.2, 0) is 0 Å². The van der Waals surface area contributed by atoms with Crippen molar-refractivity contribution < 1.29 is 27.1 Å². The first-order valence-corrected chi connectivity index (χ1v) is 13.9. The van der Waals surface area contributed by atoms with Crippen LogP contribution in [0.1, 0.15) is 5.56 Å². The van der Waals surface area contributed by atoms with Crippen molar-refractivity contribution in [1.82, 2.24) is 0 Å². The molecule has 0 unspecified atom stereocenters. The van der Waals surface area contributed by atoms with E-state index in [1.807, 2.05) is 91.0 Å². The van der Waals surface area contributed by atoms with E-state index in [-0.39, 0.29) is 11.3 Å². The molecule has 0 spiro atoms. The Morgan fingerprint density at radius 2 is 0.923 bits per heavy atom. The number of phenolic OH excluding ortho intramolecular Hbond substituents is 1. The Labute approximate surface area is 222 Å². The Bertz CT molecular complexity index is 1540. The van der Waals surface area contributed by atoms with Crippen molar-refractivity contribution in [3.63, 3.8) is 0 Å². The van der Waals surface area contributed by atoms with Crippen molar-refractivity contribution in [1.29, 1.82) is 0 Å². The molecule has 2 nitrogen and oxygen atoms in total. The highest BCUT2D eigenvalue weighted by molar-refractivity contribution is 7.20. The van der Waals surface area contributed by atoms with Crippen LogP contribution in [0.25, 0.3) is 0 Å². The van der Waals surface area contributed by atoms with Crippen LogP contribution in [-0.4, -0.2) is 19.4 Å². The minimum atomic E-state index is -3.16. The second-order valence-electron chi connectivity index (χ2n) is 8.77. The average molecular weight is 546 g/mol. The third-order valence-electron chi connectivity index (χ3n) is 6.61. The van der Waals surface area contributed by atoms with Gasteiger partial charge >= 0.3 is 0 Å². The standard InChI is InChI=1S/C31H20F5NOSi/c32-25-26(33)28(35)30(29(36)27(25)34)37-19-20-11-10-18-24(31(20)38)39(21-12-4-1-5-13-21,22-14-6-2-7-15-22)23-16-8-3-9-17-23/h1-19,38H. The molecule has 0 amide bonds. The number of hydrogen-bond donors (Lipinski definition) is 1. The molecule has 0 heterocycles. The van der Waals surface area contributed by atoms with Crippen molar-refractivity contribution in [2.45, 2.75) is 0 Å². The van der Waals surface area contributed by atoms with Crippen LogP contribution in [0.4, 0.5) is 27.6 Å². The molecule has 0 aliphatic carbocycles. The highest BCUT2D eigenvalue weighted by Crippen LogP contribution is 2.30. The first-order valence-electron chi connectivity index (χ1n) is 11.9. The maximum Gasteiger partial charge on any atom is 0.200 e. The zero-order valence-electron chi connectivity index (χ0n) is 20.3. The van der Waals surface area contributed by atoms with Crippen molar-refractivity contribution in [3.05, 3.63) is 144 Å². The molecule has 39 heavy (non-hydrogen) atoms. The van der Waals surface area contributed by atoms with Crippen molar-refractivity contribution in [2.24, 2.45) is 4.99 Å². The van der Waals surface area contributed by atoms with Crippen LogP contribution in [0.2, 0.25) is 0 Å². The lowest BCUT2D eigenvalue weighted by molar-refractivity contribution is 0.381. The number of nitrogens with zero attached hydrogens (tertiary/aromatic N) is 1. The molecule has 0 radical (unpaired) electrons. The molecular formula is C31H20F5NOSi. The van der Waals surface area contributed by atoms with Crippen molar-refractivity contribution in [2.75, 3.05) is 0 Å². The topological polar surface area (TPSA) is 32.6 Å².